The van der Waals surface area contributed by atoms with Gasteiger partial charge in [-0.3, -0.25) is 9.69 Å². The molecular weight excluding hydrogens is 268 g/mol. The summed E-state index contributed by atoms with van der Waals surface area (Å²) in [6.07, 6.45) is 3.39. The summed E-state index contributed by atoms with van der Waals surface area (Å²) >= 11 is 0. The Labute approximate surface area is 127 Å². The fourth-order valence-electron chi connectivity index (χ4n) is 3.52. The summed E-state index contributed by atoms with van der Waals surface area (Å²) in [5.41, 5.74) is 5.29. The van der Waals surface area contributed by atoms with Gasteiger partial charge in [0.15, 0.2) is 5.84 Å². The first-order chi connectivity index (χ1) is 9.87. The van der Waals surface area contributed by atoms with Gasteiger partial charge in [0.25, 0.3) is 0 Å². The van der Waals surface area contributed by atoms with Crippen molar-refractivity contribution in [3.8, 4) is 0 Å². The van der Waals surface area contributed by atoms with Gasteiger partial charge < -0.3 is 15.8 Å². The molecule has 1 saturated heterocycles. The van der Waals surface area contributed by atoms with Crippen LogP contribution in [0.25, 0.3) is 0 Å². The van der Waals surface area contributed by atoms with Crippen molar-refractivity contribution in [2.45, 2.75) is 45.6 Å². The van der Waals surface area contributed by atoms with Gasteiger partial charge in [0.1, 0.15) is 0 Å². The lowest BCUT2D eigenvalue weighted by Gasteiger charge is -2.43. The van der Waals surface area contributed by atoms with Crippen LogP contribution in [0, 0.1) is 11.8 Å². The van der Waals surface area contributed by atoms with E-state index >= 15 is 0 Å². The number of nitrogens with zero attached hydrogens (tertiary/aromatic N) is 3. The smallest absolute Gasteiger partial charge is 0.226 e. The van der Waals surface area contributed by atoms with Crippen LogP contribution >= 0.6 is 0 Å². The third-order valence-corrected chi connectivity index (χ3v) is 5.30. The van der Waals surface area contributed by atoms with Crippen LogP contribution in [-0.4, -0.2) is 58.5 Å². The van der Waals surface area contributed by atoms with Gasteiger partial charge in [-0.25, -0.2) is 0 Å². The van der Waals surface area contributed by atoms with E-state index in [9.17, 15) is 4.79 Å². The standard InChI is InChI=1S/C15H28N4O2/c1-11-5-4-6-12(11)13(20)18-7-9-19(10-8-18)15(2,3)14(16)17-21/h11-12,21H,4-10H2,1-3H3,(H2,16,17). The van der Waals surface area contributed by atoms with Gasteiger partial charge in [0.2, 0.25) is 5.91 Å². The van der Waals surface area contributed by atoms with E-state index in [4.69, 9.17) is 10.9 Å². The molecule has 0 aromatic heterocycles. The number of amides is 1. The van der Waals surface area contributed by atoms with E-state index in [-0.39, 0.29) is 11.8 Å². The van der Waals surface area contributed by atoms with Gasteiger partial charge in [0, 0.05) is 32.1 Å². The highest BCUT2D eigenvalue weighted by Gasteiger charge is 2.37. The lowest BCUT2D eigenvalue weighted by atomic mass is 9.95. The highest BCUT2D eigenvalue weighted by Crippen LogP contribution is 2.33. The summed E-state index contributed by atoms with van der Waals surface area (Å²) < 4.78 is 0. The van der Waals surface area contributed by atoms with Crippen LogP contribution in [0.5, 0.6) is 0 Å². The molecule has 0 aromatic carbocycles. The topological polar surface area (TPSA) is 82.2 Å². The minimum absolute atomic E-state index is 0.215. The van der Waals surface area contributed by atoms with E-state index in [0.717, 1.165) is 32.6 Å². The second-order valence-electron chi connectivity index (χ2n) is 6.87. The molecule has 3 N–H and O–H groups in total. The summed E-state index contributed by atoms with van der Waals surface area (Å²) in [4.78, 5) is 16.7. The van der Waals surface area contributed by atoms with Crippen LogP contribution in [0.3, 0.4) is 0 Å². The van der Waals surface area contributed by atoms with Gasteiger partial charge >= 0.3 is 0 Å². The highest BCUT2D eigenvalue weighted by atomic mass is 16.4. The fourth-order valence-corrected chi connectivity index (χ4v) is 3.52. The van der Waals surface area contributed by atoms with Gasteiger partial charge in [-0.05, 0) is 32.6 Å². The van der Waals surface area contributed by atoms with E-state index in [1.54, 1.807) is 0 Å². The summed E-state index contributed by atoms with van der Waals surface area (Å²) in [5, 5.41) is 12.0. The molecule has 21 heavy (non-hydrogen) atoms. The fraction of sp³-hybridized carbons (Fsp3) is 0.867. The summed E-state index contributed by atoms with van der Waals surface area (Å²) in [6, 6.07) is 0. The van der Waals surface area contributed by atoms with Crippen molar-refractivity contribution in [1.29, 1.82) is 0 Å². The quantitative estimate of drug-likeness (QED) is 0.353. The third kappa shape index (κ3) is 3.15. The van der Waals surface area contributed by atoms with Crippen LogP contribution < -0.4 is 5.73 Å². The van der Waals surface area contributed by atoms with E-state index in [2.05, 4.69) is 17.0 Å². The zero-order valence-electron chi connectivity index (χ0n) is 13.4. The van der Waals surface area contributed by atoms with Gasteiger partial charge in [-0.15, -0.1) is 0 Å². The molecule has 1 aliphatic carbocycles. The Morgan fingerprint density at radius 3 is 2.33 bits per heavy atom. The van der Waals surface area contributed by atoms with Crippen LogP contribution in [0.4, 0.5) is 0 Å². The molecule has 2 aliphatic rings. The predicted molar refractivity (Wildman–Crippen MR) is 82.1 cm³/mol. The molecular formula is C15H28N4O2. The average Bonchev–Trinajstić information content (AvgIpc) is 2.91. The molecule has 2 atom stereocenters. The predicted octanol–water partition coefficient (Wildman–Crippen LogP) is 1.09. The molecule has 2 unspecified atom stereocenters. The van der Waals surface area contributed by atoms with Crippen LogP contribution in [0.2, 0.25) is 0 Å². The monoisotopic (exact) mass is 296 g/mol. The first-order valence-electron chi connectivity index (χ1n) is 7.89. The summed E-state index contributed by atoms with van der Waals surface area (Å²) in [7, 11) is 0. The molecule has 0 aromatic rings. The van der Waals surface area contributed by atoms with Gasteiger partial charge in [0.05, 0.1) is 5.54 Å². The molecule has 1 heterocycles. The second kappa shape index (κ2) is 6.22. The molecule has 0 spiro atoms. The van der Waals surface area contributed by atoms with Crippen LogP contribution in [-0.2, 0) is 4.79 Å². The summed E-state index contributed by atoms with van der Waals surface area (Å²) in [5.74, 6) is 1.27. The molecule has 2 rings (SSSR count). The number of hydrogen-bond acceptors (Lipinski definition) is 4. The van der Waals surface area contributed by atoms with E-state index in [1.165, 1.54) is 12.8 Å². The minimum atomic E-state index is -0.482. The van der Waals surface area contributed by atoms with Crippen molar-refractivity contribution in [3.63, 3.8) is 0 Å². The van der Waals surface area contributed by atoms with Crippen molar-refractivity contribution < 1.29 is 10.0 Å². The zero-order valence-corrected chi connectivity index (χ0v) is 13.4. The Morgan fingerprint density at radius 2 is 1.86 bits per heavy atom. The number of hydrogen-bond donors (Lipinski definition) is 2. The molecule has 1 saturated carbocycles. The van der Waals surface area contributed by atoms with Gasteiger partial charge in [-0.1, -0.05) is 18.5 Å². The van der Waals surface area contributed by atoms with Crippen LogP contribution in [0.15, 0.2) is 5.16 Å². The molecule has 120 valence electrons. The Bertz CT molecular complexity index is 414. The van der Waals surface area contributed by atoms with Crippen molar-refractivity contribution in [1.82, 2.24) is 9.80 Å². The largest absolute Gasteiger partial charge is 0.409 e. The number of piperazine rings is 1. The number of carbonyl (C=O) groups excluding carboxylic acids is 1. The number of carbonyl (C=O) groups is 1. The minimum Gasteiger partial charge on any atom is -0.409 e. The molecule has 6 nitrogen and oxygen atoms in total. The molecule has 1 aliphatic heterocycles. The summed E-state index contributed by atoms with van der Waals surface area (Å²) in [6.45, 7) is 9.05. The van der Waals surface area contributed by atoms with E-state index < -0.39 is 5.54 Å². The normalized spacial score (nSPS) is 28.9. The maximum Gasteiger partial charge on any atom is 0.226 e. The molecule has 6 heteroatoms. The Balaban J connectivity index is 1.93. The van der Waals surface area contributed by atoms with Crippen molar-refractivity contribution in [3.05, 3.63) is 0 Å². The lowest BCUT2D eigenvalue weighted by Crippen LogP contribution is -2.60. The van der Waals surface area contributed by atoms with Crippen molar-refractivity contribution in [2.24, 2.45) is 22.7 Å². The van der Waals surface area contributed by atoms with Crippen LogP contribution in [0.1, 0.15) is 40.0 Å². The van der Waals surface area contributed by atoms with E-state index in [0.29, 0.717) is 11.8 Å². The number of amidine groups is 1. The highest BCUT2D eigenvalue weighted by molar-refractivity contribution is 5.88. The molecule has 0 bridgehead atoms. The average molecular weight is 296 g/mol. The number of nitrogens with two attached hydrogens (primary N) is 1. The second-order valence-corrected chi connectivity index (χ2v) is 6.87. The van der Waals surface area contributed by atoms with Gasteiger partial charge in [-0.2, -0.15) is 0 Å². The van der Waals surface area contributed by atoms with Crippen molar-refractivity contribution >= 4 is 11.7 Å². The SMILES string of the molecule is CC1CCCC1C(=O)N1CCN(C(C)(C)C(N)=NO)CC1. The molecule has 2 fully saturated rings. The number of rotatable bonds is 3. The first kappa shape index (κ1) is 16.1. The zero-order chi connectivity index (χ0) is 15.6. The Hall–Kier alpha value is -1.30. The molecule has 0 radical (unpaired) electrons. The third-order valence-electron chi connectivity index (χ3n) is 5.30. The Morgan fingerprint density at radius 1 is 1.24 bits per heavy atom. The maximum atomic E-state index is 12.6. The van der Waals surface area contributed by atoms with E-state index in [1.807, 2.05) is 18.7 Å². The maximum absolute atomic E-state index is 12.6. The molecule has 1 amide bonds. The number of oxime groups is 1. The Kier molecular flexibility index (Phi) is 4.76. The first-order valence-corrected chi connectivity index (χ1v) is 7.89. The van der Waals surface area contributed by atoms with Crippen molar-refractivity contribution in [2.75, 3.05) is 26.2 Å². The lowest BCUT2D eigenvalue weighted by molar-refractivity contribution is -0.138.